The van der Waals surface area contributed by atoms with Crippen LogP contribution in [0.1, 0.15) is 16.2 Å². The van der Waals surface area contributed by atoms with Crippen molar-refractivity contribution < 1.29 is 18.7 Å². The zero-order valence-electron chi connectivity index (χ0n) is 20.7. The summed E-state index contributed by atoms with van der Waals surface area (Å²) < 4.78 is 11.1. The van der Waals surface area contributed by atoms with Crippen LogP contribution in [0.5, 0.6) is 5.75 Å². The van der Waals surface area contributed by atoms with Crippen LogP contribution in [-0.2, 0) is 11.4 Å². The standard InChI is InChI=1S/C28H27N5O4S/c34-25(20-38-28-31-30-26(37-28)19-36-24-9-5-2-6-10-24)29-22-11-13-23(14-12-22)32-15-17-33(18-16-32)27(35)21-7-3-1-4-8-21/h1-14H,15-20H2,(H,29,34). The monoisotopic (exact) mass is 529 g/mol. The van der Waals surface area contributed by atoms with Crippen molar-refractivity contribution in [2.75, 3.05) is 42.1 Å². The van der Waals surface area contributed by atoms with Crippen molar-refractivity contribution >= 4 is 35.0 Å². The molecule has 5 rings (SSSR count). The van der Waals surface area contributed by atoms with Gasteiger partial charge in [0.05, 0.1) is 5.75 Å². The SMILES string of the molecule is O=C(CSc1nnc(COc2ccccc2)o1)Nc1ccc(N2CCN(C(=O)c3ccccc3)CC2)cc1. The molecular formula is C28H27N5O4S. The lowest BCUT2D eigenvalue weighted by Gasteiger charge is -2.36. The third kappa shape index (κ3) is 6.71. The maximum Gasteiger partial charge on any atom is 0.277 e. The maximum absolute atomic E-state index is 12.7. The zero-order chi connectivity index (χ0) is 26.2. The molecule has 1 fully saturated rings. The molecule has 0 atom stereocenters. The molecule has 2 heterocycles. The number of carbonyl (C=O) groups is 2. The molecule has 0 unspecified atom stereocenters. The van der Waals surface area contributed by atoms with Crippen LogP contribution in [0.3, 0.4) is 0 Å². The van der Waals surface area contributed by atoms with E-state index < -0.39 is 0 Å². The third-order valence-electron chi connectivity index (χ3n) is 5.98. The summed E-state index contributed by atoms with van der Waals surface area (Å²) in [5.74, 6) is 1.10. The Labute approximate surface area is 224 Å². The Morgan fingerprint density at radius 3 is 2.26 bits per heavy atom. The molecule has 1 saturated heterocycles. The largest absolute Gasteiger partial charge is 0.484 e. The first kappa shape index (κ1) is 25.3. The zero-order valence-corrected chi connectivity index (χ0v) is 21.5. The van der Waals surface area contributed by atoms with E-state index in [1.54, 1.807) is 0 Å². The van der Waals surface area contributed by atoms with Crippen molar-refractivity contribution in [2.24, 2.45) is 0 Å². The Morgan fingerprint density at radius 2 is 1.55 bits per heavy atom. The van der Waals surface area contributed by atoms with Crippen molar-refractivity contribution in [3.63, 3.8) is 0 Å². The number of carbonyl (C=O) groups excluding carboxylic acids is 2. The van der Waals surface area contributed by atoms with Gasteiger partial charge in [-0.3, -0.25) is 9.59 Å². The van der Waals surface area contributed by atoms with Crippen LogP contribution >= 0.6 is 11.8 Å². The second-order valence-corrected chi connectivity index (χ2v) is 9.52. The number of nitrogens with zero attached hydrogens (tertiary/aromatic N) is 4. The van der Waals surface area contributed by atoms with Crippen LogP contribution in [0.2, 0.25) is 0 Å². The van der Waals surface area contributed by atoms with E-state index in [1.807, 2.05) is 89.8 Å². The van der Waals surface area contributed by atoms with Gasteiger partial charge in [0.25, 0.3) is 17.0 Å². The summed E-state index contributed by atoms with van der Waals surface area (Å²) in [4.78, 5) is 29.2. The van der Waals surface area contributed by atoms with Crippen LogP contribution in [-0.4, -0.2) is 58.8 Å². The van der Waals surface area contributed by atoms with Crippen LogP contribution in [0.25, 0.3) is 0 Å². The molecule has 1 N–H and O–H groups in total. The average molecular weight is 530 g/mol. The molecule has 10 heteroatoms. The summed E-state index contributed by atoms with van der Waals surface area (Å²) in [6.07, 6.45) is 0. The topological polar surface area (TPSA) is 101 Å². The highest BCUT2D eigenvalue weighted by molar-refractivity contribution is 7.99. The summed E-state index contributed by atoms with van der Waals surface area (Å²) in [6, 6.07) is 26.5. The highest BCUT2D eigenvalue weighted by Crippen LogP contribution is 2.22. The van der Waals surface area contributed by atoms with E-state index in [-0.39, 0.29) is 24.2 Å². The van der Waals surface area contributed by atoms with Crippen molar-refractivity contribution in [1.29, 1.82) is 0 Å². The van der Waals surface area contributed by atoms with Gasteiger partial charge in [0, 0.05) is 43.1 Å². The van der Waals surface area contributed by atoms with Gasteiger partial charge in [-0.1, -0.05) is 48.2 Å². The highest BCUT2D eigenvalue weighted by atomic mass is 32.2. The van der Waals surface area contributed by atoms with Gasteiger partial charge in [0.15, 0.2) is 6.61 Å². The van der Waals surface area contributed by atoms with Gasteiger partial charge in [-0.15, -0.1) is 10.2 Å². The first-order chi connectivity index (χ1) is 18.6. The van der Waals surface area contributed by atoms with Crippen LogP contribution in [0, 0.1) is 0 Å². The van der Waals surface area contributed by atoms with Gasteiger partial charge >= 0.3 is 0 Å². The molecule has 0 radical (unpaired) electrons. The Bertz CT molecular complexity index is 1340. The number of piperazine rings is 1. The summed E-state index contributed by atoms with van der Waals surface area (Å²) in [7, 11) is 0. The van der Waals surface area contributed by atoms with E-state index in [1.165, 1.54) is 11.8 Å². The molecule has 3 aromatic carbocycles. The van der Waals surface area contributed by atoms with Gasteiger partial charge in [-0.2, -0.15) is 0 Å². The molecule has 0 saturated carbocycles. The van der Waals surface area contributed by atoms with E-state index in [2.05, 4.69) is 20.4 Å². The quantitative estimate of drug-likeness (QED) is 0.320. The second-order valence-electron chi connectivity index (χ2n) is 8.59. The molecule has 4 aromatic rings. The molecule has 194 valence electrons. The second kappa shape index (κ2) is 12.3. The Kier molecular flexibility index (Phi) is 8.19. The normalized spacial score (nSPS) is 13.3. The molecule has 0 bridgehead atoms. The number of hydrogen-bond donors (Lipinski definition) is 1. The first-order valence-corrected chi connectivity index (χ1v) is 13.2. The Morgan fingerprint density at radius 1 is 0.868 bits per heavy atom. The number of hydrogen-bond acceptors (Lipinski definition) is 8. The molecule has 1 aromatic heterocycles. The first-order valence-electron chi connectivity index (χ1n) is 12.3. The van der Waals surface area contributed by atoms with Crippen LogP contribution < -0.4 is 15.0 Å². The summed E-state index contributed by atoms with van der Waals surface area (Å²) in [5, 5.41) is 11.1. The van der Waals surface area contributed by atoms with E-state index in [9.17, 15) is 9.59 Å². The Balaban J connectivity index is 1.05. The fourth-order valence-electron chi connectivity index (χ4n) is 4.03. The molecule has 0 spiro atoms. The number of thioether (sulfide) groups is 1. The predicted molar refractivity (Wildman–Crippen MR) is 145 cm³/mol. The van der Waals surface area contributed by atoms with Gasteiger partial charge in [-0.25, -0.2) is 0 Å². The summed E-state index contributed by atoms with van der Waals surface area (Å²) >= 11 is 1.17. The molecule has 9 nitrogen and oxygen atoms in total. The highest BCUT2D eigenvalue weighted by Gasteiger charge is 2.22. The van der Waals surface area contributed by atoms with Gasteiger partial charge in [-0.05, 0) is 48.5 Å². The number of rotatable bonds is 9. The molecular weight excluding hydrogens is 502 g/mol. The number of para-hydroxylation sites is 1. The van der Waals surface area contributed by atoms with E-state index in [4.69, 9.17) is 9.15 Å². The van der Waals surface area contributed by atoms with Crippen molar-refractivity contribution in [3.8, 4) is 5.75 Å². The molecule has 2 amide bonds. The molecule has 1 aliphatic heterocycles. The Hall–Kier alpha value is -4.31. The predicted octanol–water partition coefficient (Wildman–Crippen LogP) is 4.34. The van der Waals surface area contributed by atoms with E-state index >= 15 is 0 Å². The third-order valence-corrected chi connectivity index (χ3v) is 6.80. The number of anilines is 2. The molecule has 38 heavy (non-hydrogen) atoms. The summed E-state index contributed by atoms with van der Waals surface area (Å²) in [6.45, 7) is 3.00. The maximum atomic E-state index is 12.7. The van der Waals surface area contributed by atoms with Gasteiger partial charge < -0.3 is 24.3 Å². The average Bonchev–Trinajstić information content (AvgIpc) is 3.44. The van der Waals surface area contributed by atoms with Gasteiger partial charge in [0.2, 0.25) is 5.91 Å². The number of aromatic nitrogens is 2. The minimum Gasteiger partial charge on any atom is -0.484 e. The molecule has 0 aliphatic carbocycles. The lowest BCUT2D eigenvalue weighted by Crippen LogP contribution is -2.48. The van der Waals surface area contributed by atoms with Gasteiger partial charge in [0.1, 0.15) is 5.75 Å². The minimum absolute atomic E-state index is 0.0680. The lowest BCUT2D eigenvalue weighted by molar-refractivity contribution is -0.113. The fourth-order valence-corrected chi connectivity index (χ4v) is 4.61. The number of ether oxygens (including phenoxy) is 1. The number of amides is 2. The van der Waals surface area contributed by atoms with E-state index in [0.29, 0.717) is 35.6 Å². The molecule has 1 aliphatic rings. The van der Waals surface area contributed by atoms with Crippen LogP contribution in [0.15, 0.2) is 94.6 Å². The van der Waals surface area contributed by atoms with Crippen molar-refractivity contribution in [2.45, 2.75) is 11.8 Å². The lowest BCUT2D eigenvalue weighted by atomic mass is 10.1. The number of benzene rings is 3. The minimum atomic E-state index is -0.170. The summed E-state index contributed by atoms with van der Waals surface area (Å²) in [5.41, 5.74) is 2.48. The van der Waals surface area contributed by atoms with Crippen molar-refractivity contribution in [1.82, 2.24) is 15.1 Å². The van der Waals surface area contributed by atoms with Crippen LogP contribution in [0.4, 0.5) is 11.4 Å². The van der Waals surface area contributed by atoms with E-state index in [0.717, 1.165) is 24.3 Å². The van der Waals surface area contributed by atoms with Crippen molar-refractivity contribution in [3.05, 3.63) is 96.4 Å². The number of nitrogens with one attached hydrogen (secondary N) is 1. The smallest absolute Gasteiger partial charge is 0.277 e. The fraction of sp³-hybridized carbons (Fsp3) is 0.214.